The summed E-state index contributed by atoms with van der Waals surface area (Å²) in [4.78, 5) is 9.77. The molecular weight excluding hydrogens is 138 g/mol. The Kier molecular flexibility index (Phi) is 6.76. The van der Waals surface area contributed by atoms with Crippen LogP contribution in [0.15, 0.2) is 0 Å². The van der Waals surface area contributed by atoms with Gasteiger partial charge in [-0.3, -0.25) is 4.79 Å². The van der Waals surface area contributed by atoms with E-state index < -0.39 is 0 Å². The lowest BCUT2D eigenvalue weighted by atomic mass is 10.2. The molecule has 0 aromatic heterocycles. The summed E-state index contributed by atoms with van der Waals surface area (Å²) in [6.07, 6.45) is 2.95. The van der Waals surface area contributed by atoms with Gasteiger partial charge in [-0.2, -0.15) is 0 Å². The van der Waals surface area contributed by atoms with Gasteiger partial charge >= 0.3 is 0 Å². The van der Waals surface area contributed by atoms with E-state index in [0.717, 1.165) is 6.42 Å². The Morgan fingerprint density at radius 1 is 1.64 bits per heavy atom. The van der Waals surface area contributed by atoms with Crippen LogP contribution in [-0.4, -0.2) is 18.9 Å². The number of aldehydes is 1. The van der Waals surface area contributed by atoms with Crippen molar-refractivity contribution in [3.05, 3.63) is 0 Å². The van der Waals surface area contributed by atoms with E-state index in [1.54, 1.807) is 0 Å². The van der Waals surface area contributed by atoms with Crippen molar-refractivity contribution in [1.29, 1.82) is 0 Å². The molecule has 0 aromatic rings. The number of nitrogens with one attached hydrogen (secondary N) is 1. The molecule has 0 spiro atoms. The molecule has 0 radical (unpaired) electrons. The van der Waals surface area contributed by atoms with Gasteiger partial charge in [-0.15, -0.1) is 0 Å². The van der Waals surface area contributed by atoms with Gasteiger partial charge in [0, 0.05) is 6.04 Å². The largest absolute Gasteiger partial charge is 0.304 e. The fourth-order valence-electron chi connectivity index (χ4n) is 0.853. The Balaban J connectivity index is 3.30. The van der Waals surface area contributed by atoms with Gasteiger partial charge in [-0.05, 0) is 19.3 Å². The van der Waals surface area contributed by atoms with E-state index in [1.165, 1.54) is 6.42 Å². The van der Waals surface area contributed by atoms with Crippen molar-refractivity contribution >= 4 is 6.29 Å². The normalized spacial score (nSPS) is 11.5. The number of rotatable bonds is 4. The molecular formula is C9H15NO. The standard InChI is InChI=1S/C9H15NO/c1-3-6-9(2)10-7-4-5-8-11/h8-10H,3,6-7H2,1-2H3. The third kappa shape index (κ3) is 7.08. The fraction of sp³-hybridized carbons (Fsp3) is 0.667. The zero-order valence-electron chi connectivity index (χ0n) is 7.18. The van der Waals surface area contributed by atoms with Crippen molar-refractivity contribution in [2.75, 3.05) is 6.54 Å². The first kappa shape index (κ1) is 10.2. The second-order valence-corrected chi connectivity index (χ2v) is 2.51. The average molecular weight is 153 g/mol. The molecule has 0 fully saturated rings. The molecule has 1 unspecified atom stereocenters. The quantitative estimate of drug-likeness (QED) is 0.481. The lowest BCUT2D eigenvalue weighted by molar-refractivity contribution is -0.103. The highest BCUT2D eigenvalue weighted by Gasteiger charge is 1.95. The first-order valence-corrected chi connectivity index (χ1v) is 3.96. The third-order valence-corrected chi connectivity index (χ3v) is 1.42. The van der Waals surface area contributed by atoms with Crippen molar-refractivity contribution in [3.63, 3.8) is 0 Å². The number of hydrogen-bond donors (Lipinski definition) is 1. The van der Waals surface area contributed by atoms with Crippen molar-refractivity contribution in [3.8, 4) is 11.8 Å². The summed E-state index contributed by atoms with van der Waals surface area (Å²) in [6, 6.07) is 0.501. The molecule has 2 heteroatoms. The van der Waals surface area contributed by atoms with E-state index >= 15 is 0 Å². The van der Waals surface area contributed by atoms with Crippen LogP contribution in [0.1, 0.15) is 26.7 Å². The molecule has 0 heterocycles. The number of carbonyl (C=O) groups excluding carboxylic acids is 1. The van der Waals surface area contributed by atoms with Gasteiger partial charge in [-0.25, -0.2) is 0 Å². The topological polar surface area (TPSA) is 29.1 Å². The summed E-state index contributed by atoms with van der Waals surface area (Å²) in [5.74, 6) is 5.05. The maximum Gasteiger partial charge on any atom is 0.192 e. The fourth-order valence-corrected chi connectivity index (χ4v) is 0.853. The van der Waals surface area contributed by atoms with Gasteiger partial charge in [0.2, 0.25) is 0 Å². The van der Waals surface area contributed by atoms with Crippen LogP contribution < -0.4 is 5.32 Å². The summed E-state index contributed by atoms with van der Waals surface area (Å²) >= 11 is 0. The molecule has 62 valence electrons. The lowest BCUT2D eigenvalue weighted by Crippen LogP contribution is -2.25. The van der Waals surface area contributed by atoms with Crippen LogP contribution in [0.25, 0.3) is 0 Å². The molecule has 0 bridgehead atoms. The molecule has 0 aliphatic rings. The smallest absolute Gasteiger partial charge is 0.192 e. The van der Waals surface area contributed by atoms with E-state index in [4.69, 9.17) is 0 Å². The Morgan fingerprint density at radius 3 is 2.91 bits per heavy atom. The minimum Gasteiger partial charge on any atom is -0.304 e. The van der Waals surface area contributed by atoms with Crippen LogP contribution in [0.5, 0.6) is 0 Å². The summed E-state index contributed by atoms with van der Waals surface area (Å²) in [6.45, 7) is 4.88. The van der Waals surface area contributed by atoms with Crippen LogP contribution >= 0.6 is 0 Å². The highest BCUT2D eigenvalue weighted by Crippen LogP contribution is 1.92. The summed E-state index contributed by atoms with van der Waals surface area (Å²) < 4.78 is 0. The van der Waals surface area contributed by atoms with Gasteiger partial charge in [0.25, 0.3) is 0 Å². The molecule has 1 atom stereocenters. The second kappa shape index (κ2) is 7.30. The predicted octanol–water partition coefficient (Wildman–Crippen LogP) is 0.967. The van der Waals surface area contributed by atoms with Crippen LogP contribution in [0.3, 0.4) is 0 Å². The van der Waals surface area contributed by atoms with Crippen LogP contribution in [0.4, 0.5) is 0 Å². The first-order valence-electron chi connectivity index (χ1n) is 3.96. The van der Waals surface area contributed by atoms with Crippen molar-refractivity contribution in [2.45, 2.75) is 32.7 Å². The zero-order valence-corrected chi connectivity index (χ0v) is 7.18. The van der Waals surface area contributed by atoms with E-state index in [9.17, 15) is 4.79 Å². The highest BCUT2D eigenvalue weighted by atomic mass is 16.1. The molecule has 1 N–H and O–H groups in total. The van der Waals surface area contributed by atoms with Crippen LogP contribution in [-0.2, 0) is 4.79 Å². The molecule has 0 rings (SSSR count). The van der Waals surface area contributed by atoms with Crippen LogP contribution in [0.2, 0.25) is 0 Å². The molecule has 0 saturated heterocycles. The third-order valence-electron chi connectivity index (χ3n) is 1.42. The predicted molar refractivity (Wildman–Crippen MR) is 46.2 cm³/mol. The first-order chi connectivity index (χ1) is 5.31. The van der Waals surface area contributed by atoms with Gasteiger partial charge in [0.1, 0.15) is 0 Å². The van der Waals surface area contributed by atoms with Gasteiger partial charge in [0.15, 0.2) is 6.29 Å². The number of hydrogen-bond acceptors (Lipinski definition) is 2. The summed E-state index contributed by atoms with van der Waals surface area (Å²) in [7, 11) is 0. The van der Waals surface area contributed by atoms with E-state index in [2.05, 4.69) is 31.0 Å². The maximum absolute atomic E-state index is 9.77. The molecule has 0 aromatic carbocycles. The number of carbonyl (C=O) groups is 1. The Labute approximate surface area is 68.4 Å². The SMILES string of the molecule is CCCC(C)NCC#CC=O. The summed E-state index contributed by atoms with van der Waals surface area (Å²) in [5, 5.41) is 3.19. The molecule has 0 aliphatic carbocycles. The average Bonchev–Trinajstić information content (AvgIpc) is 1.99. The Morgan fingerprint density at radius 2 is 2.36 bits per heavy atom. The van der Waals surface area contributed by atoms with Gasteiger partial charge < -0.3 is 5.32 Å². The molecule has 0 aliphatic heterocycles. The lowest BCUT2D eigenvalue weighted by Gasteiger charge is -2.08. The molecule has 0 amide bonds. The minimum absolute atomic E-state index is 0.501. The van der Waals surface area contributed by atoms with E-state index in [1.807, 2.05) is 0 Å². The molecule has 11 heavy (non-hydrogen) atoms. The van der Waals surface area contributed by atoms with E-state index in [0.29, 0.717) is 18.9 Å². The molecule has 2 nitrogen and oxygen atoms in total. The minimum atomic E-state index is 0.501. The van der Waals surface area contributed by atoms with Crippen molar-refractivity contribution in [1.82, 2.24) is 5.32 Å². The monoisotopic (exact) mass is 153 g/mol. The van der Waals surface area contributed by atoms with Crippen molar-refractivity contribution in [2.24, 2.45) is 0 Å². The second-order valence-electron chi connectivity index (χ2n) is 2.51. The van der Waals surface area contributed by atoms with Gasteiger partial charge in [0.05, 0.1) is 6.54 Å². The maximum atomic E-state index is 9.77. The van der Waals surface area contributed by atoms with Gasteiger partial charge in [-0.1, -0.05) is 19.3 Å². The zero-order chi connectivity index (χ0) is 8.53. The van der Waals surface area contributed by atoms with Crippen molar-refractivity contribution < 1.29 is 4.79 Å². The Bertz CT molecular complexity index is 155. The van der Waals surface area contributed by atoms with Crippen LogP contribution in [0, 0.1) is 11.8 Å². The van der Waals surface area contributed by atoms with E-state index in [-0.39, 0.29) is 0 Å². The summed E-state index contributed by atoms with van der Waals surface area (Å²) in [5.41, 5.74) is 0. The Hall–Kier alpha value is -0.810. The molecule has 0 saturated carbocycles. The highest BCUT2D eigenvalue weighted by molar-refractivity contribution is 5.72.